The highest BCUT2D eigenvalue weighted by atomic mass is 16.3. The van der Waals surface area contributed by atoms with Gasteiger partial charge in [-0.2, -0.15) is 10.2 Å². The van der Waals surface area contributed by atoms with Crippen LogP contribution in [0, 0.1) is 0 Å². The van der Waals surface area contributed by atoms with E-state index in [1.807, 2.05) is 84.9 Å². The molecule has 0 saturated carbocycles. The Labute approximate surface area is 429 Å². The van der Waals surface area contributed by atoms with Crippen molar-refractivity contribution < 1.29 is 5.11 Å². The zero-order chi connectivity index (χ0) is 52.3. The number of aryl methyl sites for hydroxylation is 2. The van der Waals surface area contributed by atoms with E-state index >= 15 is 0 Å². The lowest BCUT2D eigenvalue weighted by Gasteiger charge is -2.16. The second-order valence-corrected chi connectivity index (χ2v) is 20.5. The molecule has 0 atom stereocenters. The highest BCUT2D eigenvalue weighted by Crippen LogP contribution is 2.31. The van der Waals surface area contributed by atoms with Crippen LogP contribution in [-0.2, 0) is 12.8 Å². The Balaban J connectivity index is 0.000000143. The number of nitrogens with one attached hydrogen (secondary N) is 3. The summed E-state index contributed by atoms with van der Waals surface area (Å²) in [6.45, 7) is 21.1. The van der Waals surface area contributed by atoms with Crippen molar-refractivity contribution in [3.63, 3.8) is 0 Å². The number of hydrogen-bond donors (Lipinski definition) is 4. The van der Waals surface area contributed by atoms with Gasteiger partial charge in [0.1, 0.15) is 11.4 Å². The minimum atomic E-state index is -0.148. The van der Waals surface area contributed by atoms with Crippen LogP contribution in [0.15, 0.2) is 154 Å². The molecule has 0 amide bonds. The summed E-state index contributed by atoms with van der Waals surface area (Å²) in [5, 5.41) is 26.7. The Hall–Kier alpha value is -7.72. The van der Waals surface area contributed by atoms with Crippen LogP contribution < -0.4 is 16.7 Å². The first-order valence-corrected chi connectivity index (χ1v) is 25.7. The smallest absolute Gasteiger partial charge is 0.272 e. The van der Waals surface area contributed by atoms with Crippen molar-refractivity contribution in [2.45, 2.75) is 125 Å². The normalized spacial score (nSPS) is 12.0. The average molecular weight is 975 g/mol. The van der Waals surface area contributed by atoms with Crippen LogP contribution in [0.4, 0.5) is 0 Å². The molecule has 4 N–H and O–H groups in total. The predicted octanol–water partition coefficient (Wildman–Crippen LogP) is 14.5. The fourth-order valence-electron chi connectivity index (χ4n) is 8.85. The Bertz CT molecular complexity index is 3500. The van der Waals surface area contributed by atoms with Crippen molar-refractivity contribution in [1.29, 1.82) is 0 Å². The van der Waals surface area contributed by atoms with Gasteiger partial charge < -0.3 is 10.1 Å². The molecule has 0 saturated heterocycles. The number of H-pyrrole nitrogens is 3. The van der Waals surface area contributed by atoms with E-state index in [0.29, 0.717) is 34.9 Å². The van der Waals surface area contributed by atoms with Crippen molar-refractivity contribution in [3.05, 3.63) is 210 Å². The minimum Gasteiger partial charge on any atom is -0.506 e. The van der Waals surface area contributed by atoms with Gasteiger partial charge in [-0.05, 0) is 142 Å². The summed E-state index contributed by atoms with van der Waals surface area (Å²) >= 11 is 0. The van der Waals surface area contributed by atoms with Crippen molar-refractivity contribution >= 4 is 21.7 Å². The lowest BCUT2D eigenvalue weighted by molar-refractivity contribution is 0.474. The summed E-state index contributed by atoms with van der Waals surface area (Å²) in [4.78, 5) is 43.0. The topological polar surface area (TPSA) is 157 Å². The molecular weight excluding hydrogens is 905 g/mol. The van der Waals surface area contributed by atoms with E-state index in [2.05, 4.69) is 142 Å². The number of fused-ring (bicyclic) bond motifs is 3. The molecule has 1 aliphatic carbocycles. The van der Waals surface area contributed by atoms with Gasteiger partial charge in [0, 0.05) is 28.2 Å². The fourth-order valence-corrected chi connectivity index (χ4v) is 8.85. The monoisotopic (exact) mass is 975 g/mol. The summed E-state index contributed by atoms with van der Waals surface area (Å²) in [5.41, 5.74) is 13.7. The Morgan fingerprint density at radius 1 is 0.479 bits per heavy atom. The van der Waals surface area contributed by atoms with E-state index in [0.717, 1.165) is 62.2 Å². The van der Waals surface area contributed by atoms with Crippen LogP contribution in [0.5, 0.6) is 5.75 Å². The SMILES string of the molecule is CC(C)c1cc(-c2ccc3c(c2)CCCC3)c(=O)[nH]n1.CC(C)c1cc(-c2ccc3ccccc3c2)c(=O)[nH]n1.CC(C)c1ccc(O)c(-c2ccccc2)n1.CC(C)c1ccc2[nH]c(=O)cc(C(C)C)c2c1. The molecule has 9 aromatic rings. The first-order valence-electron chi connectivity index (χ1n) is 25.7. The fraction of sp³-hybridized carbons (Fsp3) is 0.302. The Morgan fingerprint density at radius 2 is 1.05 bits per heavy atom. The van der Waals surface area contributed by atoms with Gasteiger partial charge in [-0.1, -0.05) is 160 Å². The lowest BCUT2D eigenvalue weighted by atomic mass is 9.89. The molecule has 10 heteroatoms. The lowest BCUT2D eigenvalue weighted by Crippen LogP contribution is -2.13. The number of nitrogens with zero attached hydrogens (tertiary/aromatic N) is 3. The molecule has 4 aromatic heterocycles. The molecule has 1 aliphatic rings. The van der Waals surface area contributed by atoms with Gasteiger partial charge in [-0.15, -0.1) is 0 Å². The number of hydrogen-bond acceptors (Lipinski definition) is 7. The van der Waals surface area contributed by atoms with E-state index in [4.69, 9.17) is 0 Å². The number of aromatic amines is 3. The van der Waals surface area contributed by atoms with Crippen molar-refractivity contribution in [2.75, 3.05) is 0 Å². The third kappa shape index (κ3) is 13.4. The van der Waals surface area contributed by atoms with E-state index in [1.165, 1.54) is 46.7 Å². The number of rotatable bonds is 8. The molecule has 73 heavy (non-hydrogen) atoms. The maximum atomic E-state index is 12.0. The van der Waals surface area contributed by atoms with Crippen LogP contribution in [0.2, 0.25) is 0 Å². The summed E-state index contributed by atoms with van der Waals surface area (Å²) in [5.74, 6) is 2.06. The second-order valence-electron chi connectivity index (χ2n) is 20.5. The minimum absolute atomic E-state index is 0.0153. The van der Waals surface area contributed by atoms with Crippen LogP contribution in [0.3, 0.4) is 0 Å². The number of aromatic hydroxyl groups is 1. The van der Waals surface area contributed by atoms with Gasteiger partial charge in [-0.25, -0.2) is 15.2 Å². The van der Waals surface area contributed by atoms with E-state index < -0.39 is 0 Å². The van der Waals surface area contributed by atoms with Gasteiger partial charge in [0.05, 0.1) is 22.5 Å². The van der Waals surface area contributed by atoms with Crippen molar-refractivity contribution in [3.8, 4) is 39.3 Å². The molecule has 0 aliphatic heterocycles. The Kier molecular flexibility index (Phi) is 17.5. The maximum Gasteiger partial charge on any atom is 0.272 e. The Morgan fingerprint density at radius 3 is 1.66 bits per heavy atom. The van der Waals surface area contributed by atoms with Gasteiger partial charge in [0.2, 0.25) is 5.56 Å². The van der Waals surface area contributed by atoms with E-state index in [-0.39, 0.29) is 28.3 Å². The number of aromatic nitrogens is 6. The quantitative estimate of drug-likeness (QED) is 0.118. The third-order valence-electron chi connectivity index (χ3n) is 13.3. The van der Waals surface area contributed by atoms with Crippen LogP contribution in [0.1, 0.15) is 151 Å². The van der Waals surface area contributed by atoms with Crippen molar-refractivity contribution in [1.82, 2.24) is 30.4 Å². The maximum absolute atomic E-state index is 12.0. The zero-order valence-electron chi connectivity index (χ0n) is 44.0. The average Bonchev–Trinajstić information content (AvgIpc) is 3.39. The molecule has 10 rings (SSSR count). The van der Waals surface area contributed by atoms with Crippen LogP contribution in [0.25, 0.3) is 55.2 Å². The van der Waals surface area contributed by atoms with Gasteiger partial charge >= 0.3 is 0 Å². The first kappa shape index (κ1) is 53.1. The summed E-state index contributed by atoms with van der Waals surface area (Å²) in [7, 11) is 0. The van der Waals surface area contributed by atoms with Gasteiger partial charge in [0.15, 0.2) is 0 Å². The predicted molar refractivity (Wildman–Crippen MR) is 301 cm³/mol. The number of benzene rings is 5. The summed E-state index contributed by atoms with van der Waals surface area (Å²) < 4.78 is 0. The molecule has 10 nitrogen and oxygen atoms in total. The molecule has 0 radical (unpaired) electrons. The van der Waals surface area contributed by atoms with Crippen LogP contribution >= 0.6 is 0 Å². The van der Waals surface area contributed by atoms with E-state index in [1.54, 1.807) is 12.1 Å². The third-order valence-corrected chi connectivity index (χ3v) is 13.3. The summed E-state index contributed by atoms with van der Waals surface area (Å²) in [6.07, 6.45) is 4.82. The molecule has 0 spiro atoms. The van der Waals surface area contributed by atoms with Gasteiger partial charge in [0.25, 0.3) is 11.1 Å². The van der Waals surface area contributed by atoms with Crippen LogP contribution in [-0.4, -0.2) is 35.5 Å². The van der Waals surface area contributed by atoms with E-state index in [9.17, 15) is 19.5 Å². The first-order chi connectivity index (χ1) is 35.0. The standard InChI is InChI=1S/C17H20N2O.C17H16N2O.C15H19NO.C14H15NO/c2*1-11(2)16-10-15(17(20)19-18-16)14-8-7-12-5-3-4-6-13(12)9-14;1-9(2)11-5-6-14-13(7-11)12(10(3)4)8-15(17)16-14;1-10(2)12-8-9-13(16)14(15-12)11-6-4-3-5-7-11/h7-11H,3-6H2,1-2H3,(H,19,20);3-11H,1-2H3,(H,19,20);5-10H,1-4H3,(H,16,17);3-10,16H,1-2H3. The summed E-state index contributed by atoms with van der Waals surface area (Å²) in [6, 6.07) is 45.8. The second kappa shape index (κ2) is 24.1. The highest BCUT2D eigenvalue weighted by molar-refractivity contribution is 5.87. The molecule has 0 fully saturated rings. The highest BCUT2D eigenvalue weighted by Gasteiger charge is 2.15. The molecular formula is C63H70N6O4. The molecule has 5 aromatic carbocycles. The molecule has 0 unspecified atom stereocenters. The van der Waals surface area contributed by atoms with Gasteiger partial charge in [-0.3, -0.25) is 14.4 Å². The largest absolute Gasteiger partial charge is 0.506 e. The molecule has 4 heterocycles. The zero-order valence-corrected chi connectivity index (χ0v) is 44.0. The molecule has 376 valence electrons. The number of pyridine rings is 2. The molecule has 0 bridgehead atoms. The van der Waals surface area contributed by atoms with Crippen molar-refractivity contribution in [2.24, 2.45) is 0 Å².